The third-order valence-corrected chi connectivity index (χ3v) is 3.66. The Morgan fingerprint density at radius 2 is 2.08 bits per heavy atom. The fourth-order valence-electron chi connectivity index (χ4n) is 2.56. The Hall–Kier alpha value is -2.79. The predicted octanol–water partition coefficient (Wildman–Crippen LogP) is 2.11. The van der Waals surface area contributed by atoms with E-state index in [-0.39, 0.29) is 21.1 Å². The Labute approximate surface area is 165 Å². The van der Waals surface area contributed by atoms with E-state index in [4.69, 9.17) is 0 Å². The molecule has 3 aromatic rings. The minimum Gasteiger partial charge on any atom is -0.510 e. The van der Waals surface area contributed by atoms with E-state index in [0.717, 1.165) is 5.69 Å². The fourth-order valence-corrected chi connectivity index (χ4v) is 2.56. The molecule has 0 saturated carbocycles. The predicted molar refractivity (Wildman–Crippen MR) is 93.3 cm³/mol. The van der Waals surface area contributed by atoms with Crippen molar-refractivity contribution in [2.45, 2.75) is 0 Å². The summed E-state index contributed by atoms with van der Waals surface area (Å²) in [5.41, 5.74) is 4.24. The number of rotatable bonds is 1. The third kappa shape index (κ3) is 3.73. The van der Waals surface area contributed by atoms with E-state index < -0.39 is 0 Å². The summed E-state index contributed by atoms with van der Waals surface area (Å²) >= 11 is 0. The summed E-state index contributed by atoms with van der Waals surface area (Å²) in [6.45, 7) is 2.06. The van der Waals surface area contributed by atoms with Gasteiger partial charge in [-0.15, -0.1) is 11.6 Å². The third-order valence-electron chi connectivity index (χ3n) is 3.66. The average molecular weight is 523 g/mol. The van der Waals surface area contributed by atoms with Crippen LogP contribution in [-0.2, 0) is 21.1 Å². The van der Waals surface area contributed by atoms with Crippen LogP contribution in [-0.4, -0.2) is 32.5 Å². The van der Waals surface area contributed by atoms with Gasteiger partial charge in [0.05, 0.1) is 11.5 Å². The van der Waals surface area contributed by atoms with Crippen molar-refractivity contribution < 1.29 is 21.1 Å². The minimum absolute atomic E-state index is 0. The first-order valence-electron chi connectivity index (χ1n) is 7.68. The van der Waals surface area contributed by atoms with Crippen LogP contribution >= 0.6 is 0 Å². The maximum absolute atomic E-state index is 4.02. The van der Waals surface area contributed by atoms with Crippen LogP contribution in [0, 0.1) is 12.7 Å². The van der Waals surface area contributed by atoms with E-state index in [2.05, 4.69) is 72.6 Å². The molecule has 0 bridgehead atoms. The molecule has 0 radical (unpaired) electrons. The summed E-state index contributed by atoms with van der Waals surface area (Å²) < 4.78 is 0. The first kappa shape index (κ1) is 18.0. The van der Waals surface area contributed by atoms with E-state index in [9.17, 15) is 0 Å². The van der Waals surface area contributed by atoms with Gasteiger partial charge in [-0.3, -0.25) is 15.3 Å². The zero-order valence-electron chi connectivity index (χ0n) is 13.8. The van der Waals surface area contributed by atoms with Crippen molar-refractivity contribution in [2.75, 3.05) is 11.9 Å². The second-order valence-electron chi connectivity index (χ2n) is 5.43. The summed E-state index contributed by atoms with van der Waals surface area (Å²) in [4.78, 5) is 8.22. The van der Waals surface area contributed by atoms with Crippen LogP contribution in [0.1, 0.15) is 5.56 Å². The molecule has 0 amide bonds. The number of para-hydroxylation sites is 1. The zero-order chi connectivity index (χ0) is 17.1. The number of nitrogens with zero attached hydrogens (tertiary/aromatic N) is 7. The molecule has 7 nitrogen and oxygen atoms in total. The van der Waals surface area contributed by atoms with Crippen LogP contribution in [0.15, 0.2) is 60.6 Å². The fraction of sp³-hybridized carbons (Fsp3) is 0.0556. The number of anilines is 1. The number of hydrogen-bond donors (Lipinski definition) is 0. The van der Waals surface area contributed by atoms with Crippen molar-refractivity contribution in [1.29, 1.82) is 0 Å². The van der Waals surface area contributed by atoms with Crippen molar-refractivity contribution in [2.24, 2.45) is 0 Å². The van der Waals surface area contributed by atoms with Gasteiger partial charge < -0.3 is 14.9 Å². The maximum atomic E-state index is 4.02. The zero-order valence-corrected chi connectivity index (χ0v) is 16.1. The van der Waals surface area contributed by atoms with Gasteiger partial charge in [0.1, 0.15) is 0 Å². The Morgan fingerprint density at radius 1 is 1.15 bits per heavy atom. The van der Waals surface area contributed by atoms with E-state index >= 15 is 0 Å². The molecule has 134 valence electrons. The largest absolute Gasteiger partial charge is 0.510 e. The van der Waals surface area contributed by atoms with Gasteiger partial charge in [-0.25, -0.2) is 0 Å². The van der Waals surface area contributed by atoms with Gasteiger partial charge in [-0.1, -0.05) is 17.8 Å². The molecule has 0 aliphatic carbocycles. The molecule has 0 spiro atoms. The quantitative estimate of drug-likeness (QED) is 0.453. The van der Waals surface area contributed by atoms with Crippen molar-refractivity contribution >= 4 is 11.8 Å². The molecule has 0 N–H and O–H groups in total. The normalized spacial score (nSPS) is 13.8. The van der Waals surface area contributed by atoms with Gasteiger partial charge in [-0.2, -0.15) is 36.1 Å². The number of benzene rings is 1. The number of aromatic nitrogens is 5. The Kier molecular flexibility index (Phi) is 5.58. The van der Waals surface area contributed by atoms with Gasteiger partial charge >= 0.3 is 0 Å². The monoisotopic (exact) mass is 523 g/mol. The SMILES string of the molecule is CN1C=C2C=Cc3ccc[c-]c3N2[CH-]1.[Pt].c1ccc(-c2nnn[n-]2)nc1. The molecule has 8 heteroatoms. The smallest absolute Gasteiger partial charge is 0.0772 e. The molecule has 1 aromatic carbocycles. The molecule has 2 aliphatic heterocycles. The van der Waals surface area contributed by atoms with Crippen molar-refractivity contribution in [3.8, 4) is 11.5 Å². The summed E-state index contributed by atoms with van der Waals surface area (Å²) in [6.07, 6.45) is 8.02. The molecule has 0 unspecified atom stereocenters. The Morgan fingerprint density at radius 3 is 2.85 bits per heavy atom. The summed E-state index contributed by atoms with van der Waals surface area (Å²) in [5, 5.41) is 14.0. The van der Waals surface area contributed by atoms with Crippen LogP contribution < -0.4 is 10.00 Å². The van der Waals surface area contributed by atoms with Gasteiger partial charge in [0.2, 0.25) is 0 Å². The molecule has 0 saturated heterocycles. The summed E-state index contributed by atoms with van der Waals surface area (Å²) in [7, 11) is 2.03. The van der Waals surface area contributed by atoms with Gasteiger partial charge in [0.15, 0.2) is 0 Å². The summed E-state index contributed by atoms with van der Waals surface area (Å²) in [6, 6.07) is 14.8. The molecule has 2 aromatic heterocycles. The summed E-state index contributed by atoms with van der Waals surface area (Å²) in [5.74, 6) is 0.464. The van der Waals surface area contributed by atoms with Crippen LogP contribution in [0.3, 0.4) is 0 Å². The number of allylic oxidation sites excluding steroid dienone is 1. The Bertz CT molecular complexity index is 906. The van der Waals surface area contributed by atoms with Gasteiger partial charge in [-0.05, 0) is 25.4 Å². The second kappa shape index (κ2) is 8.06. The van der Waals surface area contributed by atoms with E-state index in [1.54, 1.807) is 12.3 Å². The molecule has 2 aliphatic rings. The maximum Gasteiger partial charge on any atom is 0.0772 e. The topological polar surface area (TPSA) is 72.1 Å². The number of fused-ring (bicyclic) bond motifs is 3. The molecule has 26 heavy (non-hydrogen) atoms. The first-order chi connectivity index (χ1) is 12.3. The van der Waals surface area contributed by atoms with Gasteiger partial charge in [0, 0.05) is 33.0 Å². The van der Waals surface area contributed by atoms with Crippen molar-refractivity contribution in [1.82, 2.24) is 30.5 Å². The van der Waals surface area contributed by atoms with Crippen molar-refractivity contribution in [3.05, 3.63) is 78.9 Å². The molecular formula is C18H14N7Pt-3. The molecule has 0 fully saturated rings. The number of hydrogen-bond acceptors (Lipinski definition) is 6. The van der Waals surface area contributed by atoms with Crippen LogP contribution in [0.5, 0.6) is 0 Å². The minimum atomic E-state index is 0. The molecule has 5 rings (SSSR count). The van der Waals surface area contributed by atoms with Crippen molar-refractivity contribution in [3.63, 3.8) is 0 Å². The molecular weight excluding hydrogens is 509 g/mol. The van der Waals surface area contributed by atoms with Crippen LogP contribution in [0.25, 0.3) is 17.6 Å². The molecule has 0 atom stereocenters. The van der Waals surface area contributed by atoms with Crippen LogP contribution in [0.4, 0.5) is 5.69 Å². The van der Waals surface area contributed by atoms with Crippen LogP contribution in [0.2, 0.25) is 0 Å². The number of tetrazole rings is 1. The molecule has 4 heterocycles. The van der Waals surface area contributed by atoms with E-state index in [0.29, 0.717) is 11.5 Å². The van der Waals surface area contributed by atoms with E-state index in [1.807, 2.05) is 31.3 Å². The second-order valence-corrected chi connectivity index (χ2v) is 5.43. The first-order valence-corrected chi connectivity index (χ1v) is 7.68. The van der Waals surface area contributed by atoms with E-state index in [1.165, 1.54) is 11.3 Å². The van der Waals surface area contributed by atoms with Gasteiger partial charge in [0.25, 0.3) is 0 Å². The average Bonchev–Trinajstić information content (AvgIpc) is 3.32. The Balaban J connectivity index is 0.000000149. The number of pyridine rings is 1. The standard InChI is InChI=1S/C12H10N2.C6H4N5.Pt/c1-13-8-11-7-6-10-4-2-3-5-12(10)14(11)9-13;1-2-4-7-5(3-1)6-8-10-11-9-6;/h2-4,6-9H,1H3;1-4H;/q-2;-1;.